The first-order valence-corrected chi connectivity index (χ1v) is 6.77. The van der Waals surface area contributed by atoms with Crippen molar-refractivity contribution in [3.63, 3.8) is 0 Å². The molecule has 1 unspecified atom stereocenters. The van der Waals surface area contributed by atoms with E-state index in [1.807, 2.05) is 0 Å². The molecule has 0 nitrogen and oxygen atoms in total. The Labute approximate surface area is 79.9 Å². The van der Waals surface area contributed by atoms with E-state index in [-0.39, 0.29) is 0 Å². The second kappa shape index (κ2) is 8.79. The lowest BCUT2D eigenvalue weighted by Gasteiger charge is -2.08. The molecule has 0 fully saturated rings. The maximum absolute atomic E-state index is 2.36. The first kappa shape index (κ1) is 11.7. The molecule has 0 spiro atoms. The summed E-state index contributed by atoms with van der Waals surface area (Å²) in [6.45, 7) is 6.83. The monoisotopic (exact) mass is 192 g/mol. The highest BCUT2D eigenvalue weighted by Crippen LogP contribution is 2.14. The third-order valence-corrected chi connectivity index (χ3v) is 3.71. The Kier molecular flexibility index (Phi) is 9.35. The molecule has 0 aliphatic rings. The number of rotatable bonds is 7. The van der Waals surface area contributed by atoms with Gasteiger partial charge in [0.15, 0.2) is 0 Å². The van der Waals surface area contributed by atoms with Gasteiger partial charge >= 0.3 is 0 Å². The molecule has 68 valence electrons. The van der Waals surface area contributed by atoms with Crippen molar-refractivity contribution >= 4 is 23.5 Å². The summed E-state index contributed by atoms with van der Waals surface area (Å²) in [7, 11) is 0. The van der Waals surface area contributed by atoms with Gasteiger partial charge in [0, 0.05) is 0 Å². The van der Waals surface area contributed by atoms with Crippen molar-refractivity contribution in [2.45, 2.75) is 27.2 Å². The van der Waals surface area contributed by atoms with Crippen LogP contribution in [0.25, 0.3) is 0 Å². The van der Waals surface area contributed by atoms with Gasteiger partial charge in [0.05, 0.1) is 0 Å². The highest BCUT2D eigenvalue weighted by Gasteiger charge is 2.00. The van der Waals surface area contributed by atoms with Crippen molar-refractivity contribution in [3.05, 3.63) is 0 Å². The maximum atomic E-state index is 2.36. The molecule has 0 N–H and O–H groups in total. The Bertz CT molecular complexity index is 74.0. The summed E-state index contributed by atoms with van der Waals surface area (Å²) in [4.78, 5) is 0. The molecular weight excluding hydrogens is 172 g/mol. The molecule has 1 atom stereocenters. The van der Waals surface area contributed by atoms with Crippen LogP contribution in [0.1, 0.15) is 27.2 Å². The van der Waals surface area contributed by atoms with E-state index in [1.54, 1.807) is 0 Å². The minimum absolute atomic E-state index is 0.916. The minimum atomic E-state index is 0.916. The Morgan fingerprint density at radius 3 is 2.27 bits per heavy atom. The van der Waals surface area contributed by atoms with E-state index in [9.17, 15) is 0 Å². The molecule has 2 heteroatoms. The van der Waals surface area contributed by atoms with Gasteiger partial charge in [0.25, 0.3) is 0 Å². The van der Waals surface area contributed by atoms with Gasteiger partial charge in [-0.25, -0.2) is 0 Å². The number of hydrogen-bond donors (Lipinski definition) is 0. The first-order valence-electron chi connectivity index (χ1n) is 4.46. The standard InChI is InChI=1S/C9H20S2/c1-4-10-7-6-9(3)8-11-5-2/h9H,4-8H2,1-3H3. The van der Waals surface area contributed by atoms with Gasteiger partial charge in [-0.05, 0) is 35.4 Å². The lowest BCUT2D eigenvalue weighted by atomic mass is 10.2. The van der Waals surface area contributed by atoms with Crippen LogP contribution in [0.4, 0.5) is 0 Å². The van der Waals surface area contributed by atoms with E-state index in [4.69, 9.17) is 0 Å². The first-order chi connectivity index (χ1) is 5.31. The van der Waals surface area contributed by atoms with Crippen molar-refractivity contribution in [1.29, 1.82) is 0 Å². The predicted molar refractivity (Wildman–Crippen MR) is 59.8 cm³/mol. The summed E-state index contributed by atoms with van der Waals surface area (Å²) in [6.07, 6.45) is 1.39. The lowest BCUT2D eigenvalue weighted by molar-refractivity contribution is 0.643. The third-order valence-electron chi connectivity index (χ3n) is 1.57. The molecule has 0 bridgehead atoms. The van der Waals surface area contributed by atoms with Crippen LogP contribution in [0.3, 0.4) is 0 Å². The molecule has 0 saturated carbocycles. The molecule has 0 aliphatic carbocycles. The van der Waals surface area contributed by atoms with Gasteiger partial charge in [-0.15, -0.1) is 0 Å². The highest BCUT2D eigenvalue weighted by molar-refractivity contribution is 7.99. The molecule has 0 aromatic rings. The van der Waals surface area contributed by atoms with Crippen LogP contribution >= 0.6 is 23.5 Å². The maximum Gasteiger partial charge on any atom is -0.00416 e. The second-order valence-corrected chi connectivity index (χ2v) is 5.46. The van der Waals surface area contributed by atoms with Crippen molar-refractivity contribution in [2.75, 3.05) is 23.0 Å². The number of thioether (sulfide) groups is 2. The van der Waals surface area contributed by atoms with Crippen molar-refractivity contribution in [2.24, 2.45) is 5.92 Å². The zero-order valence-electron chi connectivity index (χ0n) is 7.93. The molecule has 0 radical (unpaired) electrons. The molecule has 0 amide bonds. The minimum Gasteiger partial charge on any atom is -0.162 e. The van der Waals surface area contributed by atoms with E-state index in [0.717, 1.165) is 5.92 Å². The predicted octanol–water partition coefficient (Wildman–Crippen LogP) is 3.52. The van der Waals surface area contributed by atoms with Crippen LogP contribution in [0.2, 0.25) is 0 Å². The summed E-state index contributed by atoms with van der Waals surface area (Å²) >= 11 is 4.13. The van der Waals surface area contributed by atoms with Crippen LogP contribution < -0.4 is 0 Å². The average molecular weight is 192 g/mol. The molecule has 0 saturated heterocycles. The smallest absolute Gasteiger partial charge is 0.00416 e. The fraction of sp³-hybridized carbons (Fsp3) is 1.00. The molecule has 11 heavy (non-hydrogen) atoms. The molecule has 0 aliphatic heterocycles. The van der Waals surface area contributed by atoms with Crippen LogP contribution in [0.15, 0.2) is 0 Å². The van der Waals surface area contributed by atoms with E-state index in [2.05, 4.69) is 44.3 Å². The van der Waals surface area contributed by atoms with Gasteiger partial charge in [-0.3, -0.25) is 0 Å². The van der Waals surface area contributed by atoms with Gasteiger partial charge in [0.1, 0.15) is 0 Å². The van der Waals surface area contributed by atoms with Crippen LogP contribution in [-0.4, -0.2) is 23.0 Å². The highest BCUT2D eigenvalue weighted by atomic mass is 32.2. The van der Waals surface area contributed by atoms with Gasteiger partial charge in [0.2, 0.25) is 0 Å². The van der Waals surface area contributed by atoms with E-state index in [0.29, 0.717) is 0 Å². The summed E-state index contributed by atoms with van der Waals surface area (Å²) < 4.78 is 0. The molecule has 0 aromatic heterocycles. The van der Waals surface area contributed by atoms with Gasteiger partial charge < -0.3 is 0 Å². The third kappa shape index (κ3) is 8.61. The van der Waals surface area contributed by atoms with E-state index < -0.39 is 0 Å². The quantitative estimate of drug-likeness (QED) is 0.566. The fourth-order valence-electron chi connectivity index (χ4n) is 0.831. The average Bonchev–Trinajstić information content (AvgIpc) is 2.01. The Morgan fingerprint density at radius 2 is 1.73 bits per heavy atom. The van der Waals surface area contributed by atoms with Crippen molar-refractivity contribution < 1.29 is 0 Å². The SMILES string of the molecule is CCSCCC(C)CSCC. The molecular formula is C9H20S2. The van der Waals surface area contributed by atoms with E-state index in [1.165, 1.54) is 29.4 Å². The molecule has 0 aromatic carbocycles. The summed E-state index contributed by atoms with van der Waals surface area (Å²) in [5.41, 5.74) is 0. The normalized spacial score (nSPS) is 13.4. The largest absolute Gasteiger partial charge is 0.162 e. The van der Waals surface area contributed by atoms with Crippen LogP contribution in [-0.2, 0) is 0 Å². The zero-order chi connectivity index (χ0) is 8.53. The van der Waals surface area contributed by atoms with Gasteiger partial charge in [-0.1, -0.05) is 20.8 Å². The summed E-state index contributed by atoms with van der Waals surface area (Å²) in [5.74, 6) is 6.15. The fourth-order valence-corrected chi connectivity index (χ4v) is 2.49. The van der Waals surface area contributed by atoms with Gasteiger partial charge in [-0.2, -0.15) is 23.5 Å². The second-order valence-electron chi connectivity index (χ2n) is 2.75. The molecule has 0 rings (SSSR count). The lowest BCUT2D eigenvalue weighted by Crippen LogP contribution is -2.00. The number of hydrogen-bond acceptors (Lipinski definition) is 2. The molecule has 0 heterocycles. The van der Waals surface area contributed by atoms with Crippen LogP contribution in [0.5, 0.6) is 0 Å². The Balaban J connectivity index is 3.02. The Morgan fingerprint density at radius 1 is 1.09 bits per heavy atom. The van der Waals surface area contributed by atoms with Crippen molar-refractivity contribution in [3.8, 4) is 0 Å². The zero-order valence-corrected chi connectivity index (χ0v) is 9.56. The summed E-state index contributed by atoms with van der Waals surface area (Å²) in [5, 5.41) is 0. The van der Waals surface area contributed by atoms with Crippen LogP contribution in [0, 0.1) is 5.92 Å². The topological polar surface area (TPSA) is 0 Å². The summed E-state index contributed by atoms with van der Waals surface area (Å²) in [6, 6.07) is 0. The van der Waals surface area contributed by atoms with E-state index >= 15 is 0 Å². The Hall–Kier alpha value is 0.700. The van der Waals surface area contributed by atoms with Crippen molar-refractivity contribution in [1.82, 2.24) is 0 Å².